The van der Waals surface area contributed by atoms with Crippen LogP contribution >= 0.6 is 7.82 Å². The third-order valence-corrected chi connectivity index (χ3v) is 9.96. The number of carbonyl (C=O) groups is 1. The highest BCUT2D eigenvalue weighted by Crippen LogP contribution is 2.83. The fraction of sp³-hybridized carbons (Fsp3) is 0.857. The lowest BCUT2D eigenvalue weighted by molar-refractivity contribution is -0.155. The molecule has 2 spiro atoms. The SMILES string of the molecule is CC(C)C12O[C@H]1[C@@H]1O[C@@]13C1(C)CCC4=C(COC4=O)[C@@H]1C[C@@H]1O[C@@]13[C@@H]2OCOP(=O)(O)O. The largest absolute Gasteiger partial charge is 0.471 e. The quantitative estimate of drug-likeness (QED) is 0.261. The molecular weight excluding hydrogens is 443 g/mol. The number of ether oxygens (including phenoxy) is 5. The fourth-order valence-electron chi connectivity index (χ4n) is 8.08. The second-order valence-corrected chi connectivity index (χ2v) is 12.0. The molecule has 0 aromatic carbocycles. The zero-order valence-corrected chi connectivity index (χ0v) is 19.0. The van der Waals surface area contributed by atoms with E-state index in [1.54, 1.807) is 0 Å². The summed E-state index contributed by atoms with van der Waals surface area (Å²) < 4.78 is 46.7. The number of carbonyl (C=O) groups excluding carboxylic acids is 1. The highest BCUT2D eigenvalue weighted by Gasteiger charge is 3.00. The van der Waals surface area contributed by atoms with Crippen molar-refractivity contribution in [1.29, 1.82) is 0 Å². The van der Waals surface area contributed by atoms with Crippen molar-refractivity contribution in [2.24, 2.45) is 17.3 Å². The first kappa shape index (κ1) is 20.5. The standard InChI is InChI=1S/C21H27O10P/c1-9(2)19-14(30-19)15-21(31-15)18(3)5-4-10-11(7-26-16(10)22)12(18)6-13-20(21,29-13)17(19)27-8-28-32(23,24)25/h9,12-15,17H,4-8H2,1-3H3,(H2,23,24,25)/t12-,13-,14-,15-,17+,18?,19?,20+,21+/m0/s1. The molecule has 176 valence electrons. The van der Waals surface area contributed by atoms with Gasteiger partial charge in [-0.3, -0.25) is 4.52 Å². The number of phosphoric ester groups is 1. The zero-order chi connectivity index (χ0) is 22.5. The summed E-state index contributed by atoms with van der Waals surface area (Å²) in [6.07, 6.45) is 1.09. The van der Waals surface area contributed by atoms with Crippen molar-refractivity contribution in [3.8, 4) is 0 Å². The number of phosphoric acid groups is 1. The van der Waals surface area contributed by atoms with Crippen LogP contribution in [0.1, 0.15) is 40.0 Å². The van der Waals surface area contributed by atoms with E-state index >= 15 is 0 Å². The van der Waals surface area contributed by atoms with Crippen LogP contribution < -0.4 is 0 Å². The van der Waals surface area contributed by atoms with E-state index in [-0.39, 0.29) is 41.5 Å². The van der Waals surface area contributed by atoms with Gasteiger partial charge in [0.25, 0.3) is 0 Å². The molecule has 0 aromatic rings. The highest BCUT2D eigenvalue weighted by atomic mass is 31.2. The Morgan fingerprint density at radius 3 is 2.72 bits per heavy atom. The summed E-state index contributed by atoms with van der Waals surface area (Å²) >= 11 is 0. The van der Waals surface area contributed by atoms with Gasteiger partial charge in [-0.05, 0) is 36.7 Å². The summed E-state index contributed by atoms with van der Waals surface area (Å²) in [5, 5.41) is 0. The molecule has 0 aromatic heterocycles. The number of hydrogen-bond acceptors (Lipinski definition) is 8. The number of hydrogen-bond donors (Lipinski definition) is 2. The van der Waals surface area contributed by atoms with Gasteiger partial charge in [0.05, 0.1) is 6.10 Å². The van der Waals surface area contributed by atoms with Crippen molar-refractivity contribution in [2.45, 2.75) is 81.3 Å². The maximum absolute atomic E-state index is 12.2. The Hall–Kier alpha value is -0.840. The number of rotatable bonds is 5. The molecule has 0 bridgehead atoms. The number of cyclic esters (lactones) is 1. The summed E-state index contributed by atoms with van der Waals surface area (Å²) in [5.41, 5.74) is -0.447. The van der Waals surface area contributed by atoms with Gasteiger partial charge in [0.15, 0.2) is 12.4 Å². The first-order chi connectivity index (χ1) is 15.0. The normalized spacial score (nSPS) is 54.1. The molecule has 32 heavy (non-hydrogen) atoms. The minimum atomic E-state index is -4.68. The fourth-order valence-corrected chi connectivity index (χ4v) is 8.28. The topological polar surface area (TPSA) is 140 Å². The van der Waals surface area contributed by atoms with Crippen molar-refractivity contribution in [3.63, 3.8) is 0 Å². The number of fused-ring (bicyclic) bond motifs is 4. The third kappa shape index (κ3) is 2.05. The van der Waals surface area contributed by atoms with E-state index in [4.69, 9.17) is 33.5 Å². The van der Waals surface area contributed by atoms with Crippen molar-refractivity contribution in [3.05, 3.63) is 11.1 Å². The minimum absolute atomic E-state index is 0.0843. The van der Waals surface area contributed by atoms with Gasteiger partial charge in [-0.2, -0.15) is 0 Å². The summed E-state index contributed by atoms with van der Waals surface area (Å²) in [4.78, 5) is 30.5. The molecule has 10 nitrogen and oxygen atoms in total. The Kier molecular flexibility index (Phi) is 3.65. The second-order valence-electron chi connectivity index (χ2n) is 10.8. The maximum Gasteiger partial charge on any atom is 0.471 e. The Balaban J connectivity index is 1.30. The Labute approximate surface area is 184 Å². The van der Waals surface area contributed by atoms with Crippen molar-refractivity contribution < 1.29 is 47.4 Å². The van der Waals surface area contributed by atoms with Gasteiger partial charge in [-0.1, -0.05) is 20.8 Å². The van der Waals surface area contributed by atoms with Gasteiger partial charge in [0, 0.05) is 11.0 Å². The Morgan fingerprint density at radius 2 is 2.00 bits per heavy atom. The van der Waals surface area contributed by atoms with E-state index in [0.717, 1.165) is 24.0 Å². The smallest absolute Gasteiger partial charge is 0.458 e. The van der Waals surface area contributed by atoms with Gasteiger partial charge < -0.3 is 33.5 Å². The lowest BCUT2D eigenvalue weighted by Gasteiger charge is -2.54. The van der Waals surface area contributed by atoms with Crippen molar-refractivity contribution in [1.82, 2.24) is 0 Å². The average Bonchev–Trinajstić information content (AvgIpc) is 3.59. The zero-order valence-electron chi connectivity index (χ0n) is 18.1. The molecule has 5 fully saturated rings. The van der Waals surface area contributed by atoms with E-state index in [2.05, 4.69) is 25.3 Å². The third-order valence-electron chi connectivity index (χ3n) is 9.52. The summed E-state index contributed by atoms with van der Waals surface area (Å²) in [6, 6.07) is 0. The molecule has 7 rings (SSSR count). The molecule has 0 radical (unpaired) electrons. The van der Waals surface area contributed by atoms with Crippen LogP contribution in [-0.4, -0.2) is 70.4 Å². The van der Waals surface area contributed by atoms with Crippen LogP contribution in [0.2, 0.25) is 0 Å². The van der Waals surface area contributed by atoms with Crippen LogP contribution in [0.15, 0.2) is 11.1 Å². The molecule has 2 saturated carbocycles. The van der Waals surface area contributed by atoms with Gasteiger partial charge in [0.1, 0.15) is 36.1 Å². The van der Waals surface area contributed by atoms with Crippen LogP contribution in [-0.2, 0) is 37.6 Å². The highest BCUT2D eigenvalue weighted by molar-refractivity contribution is 7.46. The molecule has 2 unspecified atom stereocenters. The molecule has 0 amide bonds. The van der Waals surface area contributed by atoms with E-state index < -0.39 is 37.5 Å². The number of epoxide rings is 3. The minimum Gasteiger partial charge on any atom is -0.458 e. The molecule has 7 aliphatic rings. The van der Waals surface area contributed by atoms with Crippen LogP contribution in [0, 0.1) is 17.3 Å². The maximum atomic E-state index is 12.2. The summed E-state index contributed by atoms with van der Waals surface area (Å²) in [6.45, 7) is 6.10. The summed E-state index contributed by atoms with van der Waals surface area (Å²) in [5.74, 6) is -0.00758. The van der Waals surface area contributed by atoms with Gasteiger partial charge >= 0.3 is 13.8 Å². The number of esters is 1. The lowest BCUT2D eigenvalue weighted by Crippen LogP contribution is -2.69. The summed E-state index contributed by atoms with van der Waals surface area (Å²) in [7, 11) is -4.68. The Bertz CT molecular complexity index is 1020. The molecule has 3 aliphatic carbocycles. The predicted molar refractivity (Wildman–Crippen MR) is 104 cm³/mol. The van der Waals surface area contributed by atoms with Crippen molar-refractivity contribution in [2.75, 3.05) is 13.4 Å². The van der Waals surface area contributed by atoms with Gasteiger partial charge in [-0.25, -0.2) is 9.36 Å². The van der Waals surface area contributed by atoms with Crippen LogP contribution in [0.3, 0.4) is 0 Å². The van der Waals surface area contributed by atoms with Crippen LogP contribution in [0.25, 0.3) is 0 Å². The molecule has 3 saturated heterocycles. The van der Waals surface area contributed by atoms with E-state index in [9.17, 15) is 9.36 Å². The Morgan fingerprint density at radius 1 is 1.22 bits per heavy atom. The van der Waals surface area contributed by atoms with E-state index in [1.807, 2.05) is 0 Å². The average molecular weight is 470 g/mol. The molecular formula is C21H27O10P. The van der Waals surface area contributed by atoms with Crippen LogP contribution in [0.5, 0.6) is 0 Å². The van der Waals surface area contributed by atoms with E-state index in [1.165, 1.54) is 0 Å². The lowest BCUT2D eigenvalue weighted by atomic mass is 9.46. The molecule has 9 atom stereocenters. The molecule has 2 N–H and O–H groups in total. The molecule has 4 aliphatic heterocycles. The molecule has 4 heterocycles. The monoisotopic (exact) mass is 470 g/mol. The predicted octanol–water partition coefficient (Wildman–Crippen LogP) is 1.19. The van der Waals surface area contributed by atoms with Crippen molar-refractivity contribution >= 4 is 13.8 Å². The van der Waals surface area contributed by atoms with E-state index in [0.29, 0.717) is 13.0 Å². The second kappa shape index (κ2) is 5.69. The molecule has 11 heteroatoms. The van der Waals surface area contributed by atoms with Crippen LogP contribution in [0.4, 0.5) is 0 Å². The van der Waals surface area contributed by atoms with Gasteiger partial charge in [-0.15, -0.1) is 0 Å². The first-order valence-electron chi connectivity index (χ1n) is 11.3. The first-order valence-corrected chi connectivity index (χ1v) is 12.8. The van der Waals surface area contributed by atoms with Gasteiger partial charge in [0.2, 0.25) is 0 Å².